The molecular formula is C13H21N. The molecule has 0 fully saturated rings. The Morgan fingerprint density at radius 2 is 1.57 bits per heavy atom. The van der Waals surface area contributed by atoms with Crippen molar-refractivity contribution in [2.24, 2.45) is 5.73 Å². The third kappa shape index (κ3) is 2.85. The van der Waals surface area contributed by atoms with Gasteiger partial charge in [0, 0.05) is 5.54 Å². The molecule has 0 unspecified atom stereocenters. The van der Waals surface area contributed by atoms with Gasteiger partial charge in [-0.1, -0.05) is 43.7 Å². The highest BCUT2D eigenvalue weighted by atomic mass is 14.7. The van der Waals surface area contributed by atoms with Gasteiger partial charge in [0.25, 0.3) is 0 Å². The Morgan fingerprint density at radius 3 is 2.00 bits per heavy atom. The topological polar surface area (TPSA) is 26.0 Å². The van der Waals surface area contributed by atoms with Crippen LogP contribution in [-0.4, -0.2) is 5.54 Å². The Balaban J connectivity index is 2.72. The maximum Gasteiger partial charge on any atom is 0.0189 e. The second-order valence-corrected chi connectivity index (χ2v) is 4.23. The van der Waals surface area contributed by atoms with Crippen molar-refractivity contribution in [3.05, 3.63) is 35.4 Å². The summed E-state index contributed by atoms with van der Waals surface area (Å²) < 4.78 is 0. The second-order valence-electron chi connectivity index (χ2n) is 4.23. The van der Waals surface area contributed by atoms with Gasteiger partial charge in [0.2, 0.25) is 0 Å². The molecule has 0 amide bonds. The van der Waals surface area contributed by atoms with E-state index < -0.39 is 0 Å². The van der Waals surface area contributed by atoms with Crippen LogP contribution < -0.4 is 5.73 Å². The van der Waals surface area contributed by atoms with E-state index in [-0.39, 0.29) is 5.54 Å². The Labute approximate surface area is 87.3 Å². The van der Waals surface area contributed by atoms with Gasteiger partial charge >= 0.3 is 0 Å². The van der Waals surface area contributed by atoms with E-state index in [1.54, 1.807) is 0 Å². The number of benzene rings is 1. The Morgan fingerprint density at radius 1 is 1.07 bits per heavy atom. The molecule has 1 aromatic carbocycles. The van der Waals surface area contributed by atoms with E-state index in [1.807, 2.05) is 0 Å². The predicted octanol–water partition coefficient (Wildman–Crippen LogP) is 3.06. The molecule has 0 aliphatic carbocycles. The summed E-state index contributed by atoms with van der Waals surface area (Å²) in [4.78, 5) is 0. The first-order valence-electron chi connectivity index (χ1n) is 5.44. The van der Waals surface area contributed by atoms with Crippen molar-refractivity contribution < 1.29 is 0 Å². The van der Waals surface area contributed by atoms with E-state index in [2.05, 4.69) is 45.0 Å². The fourth-order valence-corrected chi connectivity index (χ4v) is 1.61. The van der Waals surface area contributed by atoms with Crippen LogP contribution in [0.2, 0.25) is 0 Å². The van der Waals surface area contributed by atoms with Crippen LogP contribution >= 0.6 is 0 Å². The largest absolute Gasteiger partial charge is 0.325 e. The second kappa shape index (κ2) is 4.61. The van der Waals surface area contributed by atoms with E-state index in [9.17, 15) is 0 Å². The van der Waals surface area contributed by atoms with Crippen LogP contribution in [0, 0.1) is 6.92 Å². The lowest BCUT2D eigenvalue weighted by atomic mass is 9.87. The monoisotopic (exact) mass is 191 g/mol. The van der Waals surface area contributed by atoms with Crippen molar-refractivity contribution in [2.75, 3.05) is 0 Å². The Hall–Kier alpha value is -0.820. The fourth-order valence-electron chi connectivity index (χ4n) is 1.61. The van der Waals surface area contributed by atoms with Gasteiger partial charge in [0.1, 0.15) is 0 Å². The van der Waals surface area contributed by atoms with Crippen LogP contribution in [0.1, 0.15) is 37.8 Å². The molecule has 0 aliphatic heterocycles. The average molecular weight is 191 g/mol. The molecule has 0 aromatic heterocycles. The van der Waals surface area contributed by atoms with Gasteiger partial charge in [-0.2, -0.15) is 0 Å². The van der Waals surface area contributed by atoms with Crippen molar-refractivity contribution in [3.8, 4) is 0 Å². The zero-order valence-electron chi connectivity index (χ0n) is 9.51. The smallest absolute Gasteiger partial charge is 0.0189 e. The normalized spacial score (nSPS) is 11.7. The van der Waals surface area contributed by atoms with Gasteiger partial charge in [0.05, 0.1) is 0 Å². The van der Waals surface area contributed by atoms with E-state index in [4.69, 9.17) is 5.73 Å². The van der Waals surface area contributed by atoms with Crippen molar-refractivity contribution >= 4 is 0 Å². The lowest BCUT2D eigenvalue weighted by Crippen LogP contribution is -2.40. The number of hydrogen-bond acceptors (Lipinski definition) is 1. The molecule has 1 nitrogen and oxygen atoms in total. The minimum Gasteiger partial charge on any atom is -0.325 e. The lowest BCUT2D eigenvalue weighted by Gasteiger charge is -2.26. The summed E-state index contributed by atoms with van der Waals surface area (Å²) in [7, 11) is 0. The molecule has 1 heteroatoms. The Kier molecular flexibility index (Phi) is 3.70. The van der Waals surface area contributed by atoms with Crippen molar-refractivity contribution in [1.29, 1.82) is 0 Å². The molecule has 1 rings (SSSR count). The van der Waals surface area contributed by atoms with Crippen molar-refractivity contribution in [1.82, 2.24) is 0 Å². The summed E-state index contributed by atoms with van der Waals surface area (Å²) in [5, 5.41) is 0. The van der Waals surface area contributed by atoms with Crippen LogP contribution in [0.5, 0.6) is 0 Å². The van der Waals surface area contributed by atoms with E-state index in [0.29, 0.717) is 0 Å². The average Bonchev–Trinajstić information content (AvgIpc) is 2.21. The summed E-state index contributed by atoms with van der Waals surface area (Å²) in [6, 6.07) is 8.67. The van der Waals surface area contributed by atoms with Gasteiger partial charge in [0.15, 0.2) is 0 Å². The molecule has 0 saturated carbocycles. The molecule has 0 aliphatic rings. The summed E-state index contributed by atoms with van der Waals surface area (Å²) in [5.41, 5.74) is 8.91. The number of nitrogens with two attached hydrogens (primary N) is 1. The van der Waals surface area contributed by atoms with E-state index >= 15 is 0 Å². The lowest BCUT2D eigenvalue weighted by molar-refractivity contribution is 0.393. The van der Waals surface area contributed by atoms with Crippen molar-refractivity contribution in [3.63, 3.8) is 0 Å². The molecule has 0 atom stereocenters. The highest BCUT2D eigenvalue weighted by molar-refractivity contribution is 5.23. The van der Waals surface area contributed by atoms with Crippen LogP contribution in [0.25, 0.3) is 0 Å². The highest BCUT2D eigenvalue weighted by Crippen LogP contribution is 2.18. The standard InChI is InChI=1S/C13H21N/c1-4-13(14,5-2)10-12-8-6-11(3)7-9-12/h6-9H,4-5,10,14H2,1-3H3. The molecule has 0 heterocycles. The molecule has 1 aromatic rings. The van der Waals surface area contributed by atoms with Crippen LogP contribution in [0.15, 0.2) is 24.3 Å². The van der Waals surface area contributed by atoms with Crippen LogP contribution in [0.4, 0.5) is 0 Å². The van der Waals surface area contributed by atoms with Gasteiger partial charge < -0.3 is 5.73 Å². The zero-order valence-corrected chi connectivity index (χ0v) is 9.51. The summed E-state index contributed by atoms with van der Waals surface area (Å²) in [5.74, 6) is 0. The summed E-state index contributed by atoms with van der Waals surface area (Å²) in [6.07, 6.45) is 3.06. The van der Waals surface area contributed by atoms with Crippen LogP contribution in [0.3, 0.4) is 0 Å². The third-order valence-corrected chi connectivity index (χ3v) is 3.09. The molecule has 2 N–H and O–H groups in total. The van der Waals surface area contributed by atoms with Gasteiger partial charge in [-0.3, -0.25) is 0 Å². The number of hydrogen-bond donors (Lipinski definition) is 1. The number of rotatable bonds is 4. The molecule has 14 heavy (non-hydrogen) atoms. The molecular weight excluding hydrogens is 170 g/mol. The SMILES string of the molecule is CCC(N)(CC)Cc1ccc(C)cc1. The van der Waals surface area contributed by atoms with Crippen LogP contribution in [-0.2, 0) is 6.42 Å². The first-order valence-corrected chi connectivity index (χ1v) is 5.44. The molecule has 0 spiro atoms. The minimum atomic E-state index is -0.0186. The maximum absolute atomic E-state index is 6.27. The van der Waals surface area contributed by atoms with Gasteiger partial charge in [-0.15, -0.1) is 0 Å². The van der Waals surface area contributed by atoms with Crippen molar-refractivity contribution in [2.45, 2.75) is 45.6 Å². The molecule has 78 valence electrons. The number of aryl methyl sites for hydroxylation is 1. The van der Waals surface area contributed by atoms with Gasteiger partial charge in [-0.25, -0.2) is 0 Å². The fraction of sp³-hybridized carbons (Fsp3) is 0.538. The molecule has 0 bridgehead atoms. The van der Waals surface area contributed by atoms with E-state index in [0.717, 1.165) is 19.3 Å². The first kappa shape index (κ1) is 11.3. The quantitative estimate of drug-likeness (QED) is 0.777. The summed E-state index contributed by atoms with van der Waals surface area (Å²) in [6.45, 7) is 6.44. The third-order valence-electron chi connectivity index (χ3n) is 3.09. The highest BCUT2D eigenvalue weighted by Gasteiger charge is 2.20. The minimum absolute atomic E-state index is 0.0186. The van der Waals surface area contributed by atoms with E-state index in [1.165, 1.54) is 11.1 Å². The van der Waals surface area contributed by atoms with Gasteiger partial charge in [-0.05, 0) is 31.7 Å². The maximum atomic E-state index is 6.27. The molecule has 0 radical (unpaired) electrons. The molecule has 0 saturated heterocycles. The summed E-state index contributed by atoms with van der Waals surface area (Å²) >= 11 is 0. The Bertz CT molecular complexity index is 270. The zero-order chi connectivity index (χ0) is 10.6. The predicted molar refractivity (Wildman–Crippen MR) is 62.4 cm³/mol. The first-order chi connectivity index (χ1) is 6.59.